The fourth-order valence-electron chi connectivity index (χ4n) is 0.294. The van der Waals surface area contributed by atoms with Crippen LogP contribution in [0, 0.1) is 0 Å². The Morgan fingerprint density at radius 1 is 1.56 bits per heavy atom. The minimum atomic E-state index is -2.27. The van der Waals surface area contributed by atoms with E-state index < -0.39 is 24.4 Å². The first kappa shape index (κ1) is 8.20. The Balaban J connectivity index is 3.88. The van der Waals surface area contributed by atoms with Crippen LogP contribution in [0.25, 0.3) is 0 Å². The molecule has 4 heteroatoms. The van der Waals surface area contributed by atoms with Crippen LogP contribution in [0.5, 0.6) is 0 Å². The van der Waals surface area contributed by atoms with Crippen molar-refractivity contribution in [1.82, 2.24) is 0 Å². The van der Waals surface area contributed by atoms with E-state index in [0.717, 1.165) is 6.92 Å². The molecule has 0 amide bonds. The molecular weight excluding hydrogens is 130 g/mol. The van der Waals surface area contributed by atoms with Gasteiger partial charge in [0.1, 0.15) is 0 Å². The van der Waals surface area contributed by atoms with Crippen molar-refractivity contribution in [2.24, 2.45) is 0 Å². The molecule has 0 rings (SSSR count). The summed E-state index contributed by atoms with van der Waals surface area (Å²) in [7, 11) is 0. The first-order chi connectivity index (χ1) is 4.09. The number of carbonyl (C=O) groups excluding carboxylic acids is 2. The molecule has 0 aromatic carbocycles. The molecule has 0 heterocycles. The molecule has 9 heavy (non-hydrogen) atoms. The monoisotopic (exact) mass is 136 g/mol. The van der Waals surface area contributed by atoms with Crippen molar-refractivity contribution in [2.45, 2.75) is 13.1 Å². The molecular formula is C5H6F2O2. The largest absolute Gasteiger partial charge is 0.296 e. The van der Waals surface area contributed by atoms with Crippen molar-refractivity contribution in [3.8, 4) is 0 Å². The van der Waals surface area contributed by atoms with E-state index in [0.29, 0.717) is 0 Å². The molecule has 1 atom stereocenters. The van der Waals surface area contributed by atoms with E-state index in [1.54, 1.807) is 0 Å². The number of ketones is 2. The molecule has 0 aliphatic rings. The van der Waals surface area contributed by atoms with Crippen LogP contribution < -0.4 is 0 Å². The molecule has 0 aliphatic carbocycles. The predicted molar refractivity (Wildman–Crippen MR) is 26.6 cm³/mol. The summed E-state index contributed by atoms with van der Waals surface area (Å²) in [4.78, 5) is 20.0. The van der Waals surface area contributed by atoms with Gasteiger partial charge in [0.25, 0.3) is 0 Å². The van der Waals surface area contributed by atoms with Gasteiger partial charge in [-0.25, -0.2) is 8.78 Å². The zero-order valence-electron chi connectivity index (χ0n) is 4.86. The minimum Gasteiger partial charge on any atom is -0.296 e. The summed E-state index contributed by atoms with van der Waals surface area (Å²) in [5, 5.41) is 0. The average Bonchev–Trinajstić information content (AvgIpc) is 1.84. The molecule has 0 N–H and O–H groups in total. The smallest absolute Gasteiger partial charge is 0.218 e. The maximum absolute atomic E-state index is 12.0. The summed E-state index contributed by atoms with van der Waals surface area (Å²) in [6.07, 6.45) is -2.27. The Kier molecular flexibility index (Phi) is 2.98. The van der Waals surface area contributed by atoms with Crippen molar-refractivity contribution in [1.29, 1.82) is 0 Å². The van der Waals surface area contributed by atoms with Crippen molar-refractivity contribution in [2.75, 3.05) is 6.67 Å². The van der Waals surface area contributed by atoms with E-state index in [4.69, 9.17) is 0 Å². The summed E-state index contributed by atoms with van der Waals surface area (Å²) in [5.41, 5.74) is 0. The van der Waals surface area contributed by atoms with Crippen molar-refractivity contribution in [3.63, 3.8) is 0 Å². The van der Waals surface area contributed by atoms with Crippen LogP contribution in [0.4, 0.5) is 8.78 Å². The molecule has 0 aromatic heterocycles. The van der Waals surface area contributed by atoms with Gasteiger partial charge in [-0.05, 0) is 6.92 Å². The van der Waals surface area contributed by atoms with Gasteiger partial charge in [-0.1, -0.05) is 0 Å². The molecule has 0 saturated carbocycles. The number of hydrogen-bond donors (Lipinski definition) is 0. The lowest BCUT2D eigenvalue weighted by Crippen LogP contribution is -2.24. The SMILES string of the molecule is CC(=O)C(F)C(=O)CF. The third-order valence-electron chi connectivity index (χ3n) is 0.771. The molecule has 52 valence electrons. The van der Waals surface area contributed by atoms with Crippen LogP contribution >= 0.6 is 0 Å². The molecule has 2 nitrogen and oxygen atoms in total. The average molecular weight is 136 g/mol. The molecule has 0 aromatic rings. The topological polar surface area (TPSA) is 34.1 Å². The summed E-state index contributed by atoms with van der Waals surface area (Å²) >= 11 is 0. The summed E-state index contributed by atoms with van der Waals surface area (Å²) in [6, 6.07) is 0. The highest BCUT2D eigenvalue weighted by Crippen LogP contribution is 1.94. The third-order valence-corrected chi connectivity index (χ3v) is 0.771. The second-order valence-electron chi connectivity index (χ2n) is 1.57. The zero-order chi connectivity index (χ0) is 7.44. The number of rotatable bonds is 3. The van der Waals surface area contributed by atoms with E-state index in [1.165, 1.54) is 0 Å². The number of carbonyl (C=O) groups is 2. The van der Waals surface area contributed by atoms with E-state index >= 15 is 0 Å². The Bertz CT molecular complexity index is 133. The lowest BCUT2D eigenvalue weighted by atomic mass is 10.2. The van der Waals surface area contributed by atoms with Crippen LogP contribution in [0.3, 0.4) is 0 Å². The number of Topliss-reactive ketones (excluding diaryl/α,β-unsaturated/α-hetero) is 2. The highest BCUT2D eigenvalue weighted by molar-refractivity contribution is 6.04. The highest BCUT2D eigenvalue weighted by Gasteiger charge is 2.20. The van der Waals surface area contributed by atoms with E-state index in [9.17, 15) is 18.4 Å². The van der Waals surface area contributed by atoms with Crippen molar-refractivity contribution >= 4 is 11.6 Å². The normalized spacial score (nSPS) is 12.8. The molecule has 0 bridgehead atoms. The number of alkyl halides is 2. The Morgan fingerprint density at radius 3 is 2.11 bits per heavy atom. The molecule has 0 fully saturated rings. The Hall–Kier alpha value is -0.800. The van der Waals surface area contributed by atoms with Crippen LogP contribution in [0.2, 0.25) is 0 Å². The van der Waals surface area contributed by atoms with Crippen LogP contribution in [0.15, 0.2) is 0 Å². The highest BCUT2D eigenvalue weighted by atomic mass is 19.1. The fraction of sp³-hybridized carbons (Fsp3) is 0.600. The zero-order valence-corrected chi connectivity index (χ0v) is 4.86. The maximum atomic E-state index is 12.0. The van der Waals surface area contributed by atoms with Gasteiger partial charge in [-0.15, -0.1) is 0 Å². The van der Waals surface area contributed by atoms with Gasteiger partial charge in [0.15, 0.2) is 12.5 Å². The third kappa shape index (κ3) is 2.30. The van der Waals surface area contributed by atoms with Crippen LogP contribution in [-0.4, -0.2) is 24.4 Å². The molecule has 1 unspecified atom stereocenters. The van der Waals surface area contributed by atoms with E-state index in [2.05, 4.69) is 0 Å². The summed E-state index contributed by atoms with van der Waals surface area (Å²) < 4.78 is 23.2. The van der Waals surface area contributed by atoms with Crippen molar-refractivity contribution < 1.29 is 18.4 Å². The van der Waals surface area contributed by atoms with Gasteiger partial charge in [0.05, 0.1) is 0 Å². The van der Waals surface area contributed by atoms with Gasteiger partial charge in [-0.3, -0.25) is 9.59 Å². The van der Waals surface area contributed by atoms with E-state index in [1.807, 2.05) is 0 Å². The van der Waals surface area contributed by atoms with Gasteiger partial charge in [0.2, 0.25) is 12.0 Å². The quantitative estimate of drug-likeness (QED) is 0.528. The second-order valence-corrected chi connectivity index (χ2v) is 1.57. The lowest BCUT2D eigenvalue weighted by molar-refractivity contribution is -0.133. The van der Waals surface area contributed by atoms with Gasteiger partial charge >= 0.3 is 0 Å². The Labute approximate surface area is 50.9 Å². The van der Waals surface area contributed by atoms with Crippen LogP contribution in [0.1, 0.15) is 6.92 Å². The number of halogens is 2. The van der Waals surface area contributed by atoms with Gasteiger partial charge in [0, 0.05) is 0 Å². The molecule has 0 saturated heterocycles. The minimum absolute atomic E-state index is 0.901. The fourth-order valence-corrected chi connectivity index (χ4v) is 0.294. The van der Waals surface area contributed by atoms with Crippen molar-refractivity contribution in [3.05, 3.63) is 0 Å². The predicted octanol–water partition coefficient (Wildman–Crippen LogP) is 0.452. The molecule has 0 aliphatic heterocycles. The first-order valence-corrected chi connectivity index (χ1v) is 2.32. The lowest BCUT2D eigenvalue weighted by Gasteiger charge is -1.95. The van der Waals surface area contributed by atoms with Gasteiger partial charge < -0.3 is 0 Å². The van der Waals surface area contributed by atoms with E-state index in [-0.39, 0.29) is 0 Å². The van der Waals surface area contributed by atoms with Crippen LogP contribution in [-0.2, 0) is 9.59 Å². The summed E-state index contributed by atoms with van der Waals surface area (Å²) in [5.74, 6) is -2.25. The molecule has 0 radical (unpaired) electrons. The second kappa shape index (κ2) is 3.27. The maximum Gasteiger partial charge on any atom is 0.218 e. The number of hydrogen-bond acceptors (Lipinski definition) is 2. The summed E-state index contributed by atoms with van der Waals surface area (Å²) in [6.45, 7) is -0.515. The standard InChI is InChI=1S/C5H6F2O2/c1-3(8)5(7)4(9)2-6/h5H,2H2,1H3. The Morgan fingerprint density at radius 2 is 2.00 bits per heavy atom. The first-order valence-electron chi connectivity index (χ1n) is 2.32. The van der Waals surface area contributed by atoms with Gasteiger partial charge in [-0.2, -0.15) is 0 Å². The molecule has 0 spiro atoms.